The van der Waals surface area contributed by atoms with E-state index in [1.165, 1.54) is 24.3 Å². The largest absolute Gasteiger partial charge is 0.481 e. The van der Waals surface area contributed by atoms with Gasteiger partial charge in [0.25, 0.3) is 10.1 Å². The van der Waals surface area contributed by atoms with Gasteiger partial charge in [-0.15, -0.1) is 0 Å². The highest BCUT2D eigenvalue weighted by atomic mass is 32.2. The summed E-state index contributed by atoms with van der Waals surface area (Å²) in [5.74, 6) is -2.21. The van der Waals surface area contributed by atoms with Gasteiger partial charge >= 0.3 is 11.9 Å². The van der Waals surface area contributed by atoms with Crippen LogP contribution in [0.5, 0.6) is 0 Å². The van der Waals surface area contributed by atoms with Gasteiger partial charge in [-0.3, -0.25) is 14.1 Å². The summed E-state index contributed by atoms with van der Waals surface area (Å²) in [4.78, 5) is 21.1. The van der Waals surface area contributed by atoms with Crippen LogP contribution < -0.4 is 0 Å². The van der Waals surface area contributed by atoms with Gasteiger partial charge < -0.3 is 10.2 Å². The Kier molecular flexibility index (Phi) is 4.16. The molecule has 0 bridgehead atoms. The van der Waals surface area contributed by atoms with Gasteiger partial charge in [0.1, 0.15) is 4.90 Å². The summed E-state index contributed by atoms with van der Waals surface area (Å²) >= 11 is 0. The van der Waals surface area contributed by atoms with Crippen molar-refractivity contribution >= 4 is 32.8 Å². The average molecular weight is 324 g/mol. The third-order valence-corrected chi connectivity index (χ3v) is 3.92. The fraction of sp³-hybridized carbons (Fsp3) is 0.143. The molecule has 0 aliphatic heterocycles. The first-order valence-electron chi connectivity index (χ1n) is 6.13. The topological polar surface area (TPSA) is 129 Å². The van der Waals surface area contributed by atoms with Crippen LogP contribution >= 0.6 is 0 Å². The summed E-state index contributed by atoms with van der Waals surface area (Å²) in [5, 5.41) is 18.1. The Morgan fingerprint density at radius 2 is 1.50 bits per heavy atom. The van der Waals surface area contributed by atoms with Crippen LogP contribution in [0.25, 0.3) is 10.8 Å². The molecular formula is C14H12O7S. The Hall–Kier alpha value is -2.45. The van der Waals surface area contributed by atoms with Gasteiger partial charge in [-0.05, 0) is 28.6 Å². The molecule has 0 saturated heterocycles. The van der Waals surface area contributed by atoms with E-state index in [0.29, 0.717) is 10.9 Å². The van der Waals surface area contributed by atoms with E-state index in [1.807, 2.05) is 0 Å². The molecule has 0 spiro atoms. The monoisotopic (exact) mass is 324 g/mol. The first kappa shape index (κ1) is 15.9. The van der Waals surface area contributed by atoms with Crippen molar-refractivity contribution in [2.75, 3.05) is 0 Å². The van der Waals surface area contributed by atoms with E-state index < -0.39 is 33.4 Å². The van der Waals surface area contributed by atoms with E-state index in [9.17, 15) is 22.6 Å². The Bertz CT molecular complexity index is 868. The number of carboxylic acids is 2. The number of fused-ring (bicyclic) bond motifs is 1. The molecule has 2 aromatic rings. The zero-order valence-electron chi connectivity index (χ0n) is 11.2. The molecule has 116 valence electrons. The molecule has 7 nitrogen and oxygen atoms in total. The second-order valence-corrected chi connectivity index (χ2v) is 6.16. The summed E-state index contributed by atoms with van der Waals surface area (Å²) in [6.45, 7) is 0. The number of carbonyl (C=O) groups is 2. The van der Waals surface area contributed by atoms with Gasteiger partial charge in [-0.2, -0.15) is 8.42 Å². The standard InChI is InChI=1S/C14H12O7S/c15-13(16)6-8-1-2-10-3-9(7-14(17)18)5-12(11(10)4-8)22(19,20)21/h1-5H,6-7H2,(H,15,16)(H,17,18)(H,19,20,21). The van der Waals surface area contributed by atoms with Crippen LogP contribution in [0.2, 0.25) is 0 Å². The molecule has 0 unspecified atom stereocenters. The Balaban J connectivity index is 2.71. The Morgan fingerprint density at radius 3 is 2.05 bits per heavy atom. The molecule has 2 rings (SSSR count). The van der Waals surface area contributed by atoms with Crippen molar-refractivity contribution in [2.24, 2.45) is 0 Å². The maximum Gasteiger partial charge on any atom is 0.307 e. The van der Waals surface area contributed by atoms with Crippen LogP contribution in [-0.4, -0.2) is 35.1 Å². The first-order valence-corrected chi connectivity index (χ1v) is 7.57. The molecule has 22 heavy (non-hydrogen) atoms. The smallest absolute Gasteiger partial charge is 0.307 e. The third kappa shape index (κ3) is 3.60. The van der Waals surface area contributed by atoms with Crippen LogP contribution in [0, 0.1) is 0 Å². The normalized spacial score (nSPS) is 11.5. The zero-order valence-corrected chi connectivity index (χ0v) is 12.0. The van der Waals surface area contributed by atoms with Gasteiger partial charge in [0.2, 0.25) is 0 Å². The summed E-state index contributed by atoms with van der Waals surface area (Å²) in [5.41, 5.74) is 0.592. The van der Waals surface area contributed by atoms with E-state index >= 15 is 0 Å². The molecule has 3 N–H and O–H groups in total. The Labute approximate surface area is 125 Å². The molecule has 0 radical (unpaired) electrons. The van der Waals surface area contributed by atoms with Gasteiger partial charge in [-0.25, -0.2) is 0 Å². The van der Waals surface area contributed by atoms with Gasteiger partial charge in [0.15, 0.2) is 0 Å². The maximum absolute atomic E-state index is 11.5. The van der Waals surface area contributed by atoms with Crippen molar-refractivity contribution in [2.45, 2.75) is 17.7 Å². The number of benzene rings is 2. The van der Waals surface area contributed by atoms with Crippen molar-refractivity contribution < 1.29 is 32.8 Å². The molecular weight excluding hydrogens is 312 g/mol. The van der Waals surface area contributed by atoms with E-state index in [-0.39, 0.29) is 17.4 Å². The highest BCUT2D eigenvalue weighted by molar-refractivity contribution is 7.86. The predicted molar refractivity (Wildman–Crippen MR) is 76.4 cm³/mol. The fourth-order valence-corrected chi connectivity index (χ4v) is 2.96. The molecule has 0 aromatic heterocycles. The molecule has 2 aromatic carbocycles. The van der Waals surface area contributed by atoms with E-state index in [1.54, 1.807) is 0 Å². The molecule has 0 aliphatic carbocycles. The molecule has 0 heterocycles. The fourth-order valence-electron chi connectivity index (χ4n) is 2.20. The number of hydrogen-bond donors (Lipinski definition) is 3. The maximum atomic E-state index is 11.5. The minimum Gasteiger partial charge on any atom is -0.481 e. The van der Waals surface area contributed by atoms with Crippen molar-refractivity contribution in [1.82, 2.24) is 0 Å². The second kappa shape index (κ2) is 5.74. The van der Waals surface area contributed by atoms with Crippen molar-refractivity contribution in [3.63, 3.8) is 0 Å². The minimum absolute atomic E-state index is 0.149. The molecule has 0 saturated carbocycles. The number of aliphatic carboxylic acids is 2. The minimum atomic E-state index is -4.57. The highest BCUT2D eigenvalue weighted by Crippen LogP contribution is 2.27. The highest BCUT2D eigenvalue weighted by Gasteiger charge is 2.17. The predicted octanol–water partition coefficient (Wildman–Crippen LogP) is 1.34. The number of hydrogen-bond acceptors (Lipinski definition) is 4. The van der Waals surface area contributed by atoms with Gasteiger partial charge in [0.05, 0.1) is 12.8 Å². The van der Waals surface area contributed by atoms with Gasteiger partial charge in [-0.1, -0.05) is 18.2 Å². The van der Waals surface area contributed by atoms with Crippen LogP contribution in [0.1, 0.15) is 11.1 Å². The van der Waals surface area contributed by atoms with E-state index in [0.717, 1.165) is 6.07 Å². The second-order valence-electron chi connectivity index (χ2n) is 4.77. The summed E-state index contributed by atoms with van der Waals surface area (Å²) in [6.07, 6.45) is -0.687. The summed E-state index contributed by atoms with van der Waals surface area (Å²) in [7, 11) is -4.57. The number of rotatable bonds is 5. The van der Waals surface area contributed by atoms with Crippen LogP contribution in [-0.2, 0) is 32.5 Å². The van der Waals surface area contributed by atoms with Crippen molar-refractivity contribution in [3.05, 3.63) is 41.5 Å². The van der Waals surface area contributed by atoms with Crippen LogP contribution in [0.3, 0.4) is 0 Å². The summed E-state index contributed by atoms with van der Waals surface area (Å²) < 4.78 is 32.3. The Morgan fingerprint density at radius 1 is 0.909 bits per heavy atom. The molecule has 0 atom stereocenters. The lowest BCUT2D eigenvalue weighted by molar-refractivity contribution is -0.137. The SMILES string of the molecule is O=C(O)Cc1cc(S(=O)(=O)O)c2cc(CC(=O)O)ccc2c1. The quantitative estimate of drug-likeness (QED) is 0.708. The van der Waals surface area contributed by atoms with Crippen molar-refractivity contribution in [1.29, 1.82) is 0 Å². The molecule has 8 heteroatoms. The van der Waals surface area contributed by atoms with Crippen molar-refractivity contribution in [3.8, 4) is 0 Å². The van der Waals surface area contributed by atoms with E-state index in [2.05, 4.69) is 0 Å². The zero-order chi connectivity index (χ0) is 16.5. The molecule has 0 fully saturated rings. The lowest BCUT2D eigenvalue weighted by Crippen LogP contribution is -2.05. The lowest BCUT2D eigenvalue weighted by Gasteiger charge is -2.09. The molecule has 0 aliphatic rings. The third-order valence-electron chi connectivity index (χ3n) is 3.03. The number of carboxylic acid groups (broad SMARTS) is 2. The van der Waals surface area contributed by atoms with E-state index in [4.69, 9.17) is 10.2 Å². The molecule has 0 amide bonds. The first-order chi connectivity index (χ1) is 10.2. The van der Waals surface area contributed by atoms with Crippen LogP contribution in [0.4, 0.5) is 0 Å². The average Bonchev–Trinajstić information content (AvgIpc) is 2.35. The van der Waals surface area contributed by atoms with Crippen LogP contribution in [0.15, 0.2) is 35.2 Å². The summed E-state index contributed by atoms with van der Waals surface area (Å²) in [6, 6.07) is 6.93. The lowest BCUT2D eigenvalue weighted by atomic mass is 10.0. The van der Waals surface area contributed by atoms with Gasteiger partial charge in [0, 0.05) is 5.39 Å².